The number of anilines is 1. The standard InChI is InChI=1S/C22H24ClN3O4S/c23-19-10-9-16(31(29,30)26-13-5-6-14-26)15-18(19)21(27)24-20-8-2-1-7-17(20)22(28)25-11-3-4-12-25/h1-2,7-10,15H,3-6,11-14H2,(H,24,27). The predicted octanol–water partition coefficient (Wildman–Crippen LogP) is 3.61. The highest BCUT2D eigenvalue weighted by Crippen LogP contribution is 2.27. The van der Waals surface area contributed by atoms with Crippen molar-refractivity contribution < 1.29 is 18.0 Å². The maximum absolute atomic E-state index is 13.0. The number of nitrogens with one attached hydrogen (secondary N) is 1. The molecule has 31 heavy (non-hydrogen) atoms. The van der Waals surface area contributed by atoms with Crippen LogP contribution in [0.2, 0.25) is 5.02 Å². The molecule has 0 radical (unpaired) electrons. The van der Waals surface area contributed by atoms with Crippen LogP contribution in [0.1, 0.15) is 46.4 Å². The van der Waals surface area contributed by atoms with Crippen LogP contribution in [0, 0.1) is 0 Å². The van der Waals surface area contributed by atoms with E-state index in [0.29, 0.717) is 37.4 Å². The quantitative estimate of drug-likeness (QED) is 0.736. The molecule has 0 unspecified atom stereocenters. The average Bonchev–Trinajstić information content (AvgIpc) is 3.48. The molecule has 164 valence electrons. The highest BCUT2D eigenvalue weighted by molar-refractivity contribution is 7.89. The van der Waals surface area contributed by atoms with Crippen molar-refractivity contribution in [3.63, 3.8) is 0 Å². The van der Waals surface area contributed by atoms with Crippen molar-refractivity contribution in [1.29, 1.82) is 0 Å². The third kappa shape index (κ3) is 4.46. The highest BCUT2D eigenvalue weighted by atomic mass is 35.5. The smallest absolute Gasteiger partial charge is 0.257 e. The van der Waals surface area contributed by atoms with Crippen molar-refractivity contribution in [2.45, 2.75) is 30.6 Å². The molecule has 2 aromatic carbocycles. The Hall–Kier alpha value is -2.42. The van der Waals surface area contributed by atoms with Crippen molar-refractivity contribution in [3.8, 4) is 0 Å². The van der Waals surface area contributed by atoms with Crippen LogP contribution < -0.4 is 5.32 Å². The van der Waals surface area contributed by atoms with E-state index in [2.05, 4.69) is 5.32 Å². The number of rotatable bonds is 5. The maximum atomic E-state index is 13.0. The molecule has 2 heterocycles. The Labute approximate surface area is 187 Å². The van der Waals surface area contributed by atoms with Crippen LogP contribution in [-0.4, -0.2) is 55.6 Å². The normalized spacial score (nSPS) is 17.1. The molecule has 2 saturated heterocycles. The maximum Gasteiger partial charge on any atom is 0.257 e. The molecule has 0 aliphatic carbocycles. The molecule has 0 spiro atoms. The van der Waals surface area contributed by atoms with Gasteiger partial charge in [0.15, 0.2) is 0 Å². The largest absolute Gasteiger partial charge is 0.339 e. The van der Waals surface area contributed by atoms with Gasteiger partial charge in [-0.1, -0.05) is 23.7 Å². The lowest BCUT2D eigenvalue weighted by molar-refractivity contribution is 0.0794. The van der Waals surface area contributed by atoms with Crippen LogP contribution >= 0.6 is 11.6 Å². The minimum Gasteiger partial charge on any atom is -0.339 e. The summed E-state index contributed by atoms with van der Waals surface area (Å²) in [7, 11) is -3.68. The molecule has 2 aliphatic heterocycles. The number of carbonyl (C=O) groups excluding carboxylic acids is 2. The number of likely N-dealkylation sites (tertiary alicyclic amines) is 1. The van der Waals surface area contributed by atoms with E-state index in [1.54, 1.807) is 29.2 Å². The van der Waals surface area contributed by atoms with Gasteiger partial charge < -0.3 is 10.2 Å². The second-order valence-corrected chi connectivity index (χ2v) is 10.1. The monoisotopic (exact) mass is 461 g/mol. The molecule has 2 amide bonds. The Morgan fingerprint density at radius 1 is 0.871 bits per heavy atom. The summed E-state index contributed by atoms with van der Waals surface area (Å²) in [6, 6.07) is 10.9. The molecule has 0 aromatic heterocycles. The first-order valence-corrected chi connectivity index (χ1v) is 12.2. The van der Waals surface area contributed by atoms with Crippen LogP contribution in [0.4, 0.5) is 5.69 Å². The van der Waals surface area contributed by atoms with Gasteiger partial charge in [-0.2, -0.15) is 4.31 Å². The number of benzene rings is 2. The van der Waals surface area contributed by atoms with Gasteiger partial charge in [0.2, 0.25) is 10.0 Å². The number of carbonyl (C=O) groups is 2. The molecule has 4 rings (SSSR count). The van der Waals surface area contributed by atoms with Gasteiger partial charge in [0, 0.05) is 26.2 Å². The summed E-state index contributed by atoms with van der Waals surface area (Å²) in [5.41, 5.74) is 0.813. The van der Waals surface area contributed by atoms with Crippen LogP contribution in [0.5, 0.6) is 0 Å². The molecule has 0 bridgehead atoms. The van der Waals surface area contributed by atoms with E-state index < -0.39 is 15.9 Å². The fraction of sp³-hybridized carbons (Fsp3) is 0.364. The summed E-state index contributed by atoms with van der Waals surface area (Å²) < 4.78 is 27.2. The number of hydrogen-bond acceptors (Lipinski definition) is 4. The lowest BCUT2D eigenvalue weighted by Gasteiger charge is -2.18. The Morgan fingerprint density at radius 2 is 1.52 bits per heavy atom. The second kappa shape index (κ2) is 8.98. The Balaban J connectivity index is 1.60. The van der Waals surface area contributed by atoms with E-state index in [1.165, 1.54) is 22.5 Å². The van der Waals surface area contributed by atoms with Crippen molar-refractivity contribution in [2.24, 2.45) is 0 Å². The minimum atomic E-state index is -3.68. The number of sulfonamides is 1. The molecule has 2 aliphatic rings. The van der Waals surface area contributed by atoms with Gasteiger partial charge in [0.1, 0.15) is 0 Å². The average molecular weight is 462 g/mol. The van der Waals surface area contributed by atoms with E-state index in [4.69, 9.17) is 11.6 Å². The predicted molar refractivity (Wildman–Crippen MR) is 119 cm³/mol. The molecular weight excluding hydrogens is 438 g/mol. The summed E-state index contributed by atoms with van der Waals surface area (Å²) in [6.07, 6.45) is 3.58. The van der Waals surface area contributed by atoms with Crippen molar-refractivity contribution in [2.75, 3.05) is 31.5 Å². The van der Waals surface area contributed by atoms with Crippen molar-refractivity contribution >= 4 is 39.1 Å². The molecule has 2 fully saturated rings. The van der Waals surface area contributed by atoms with Gasteiger partial charge in [0.25, 0.3) is 11.8 Å². The summed E-state index contributed by atoms with van der Waals surface area (Å²) in [4.78, 5) is 27.6. The third-order valence-electron chi connectivity index (χ3n) is 5.68. The Morgan fingerprint density at radius 3 is 2.23 bits per heavy atom. The zero-order valence-corrected chi connectivity index (χ0v) is 18.6. The van der Waals surface area contributed by atoms with E-state index in [9.17, 15) is 18.0 Å². The van der Waals surface area contributed by atoms with Gasteiger partial charge in [0.05, 0.1) is 26.7 Å². The topological polar surface area (TPSA) is 86.8 Å². The number of halogens is 1. The summed E-state index contributed by atoms with van der Waals surface area (Å²) in [5, 5.41) is 2.88. The summed E-state index contributed by atoms with van der Waals surface area (Å²) >= 11 is 6.23. The molecule has 2 aromatic rings. The van der Waals surface area contributed by atoms with Crippen LogP contribution in [0.3, 0.4) is 0 Å². The molecule has 0 atom stereocenters. The number of amides is 2. The molecule has 7 nitrogen and oxygen atoms in total. The van der Waals surface area contributed by atoms with Crippen LogP contribution in [0.25, 0.3) is 0 Å². The molecule has 1 N–H and O–H groups in total. The summed E-state index contributed by atoms with van der Waals surface area (Å²) in [6.45, 7) is 2.34. The van der Waals surface area contributed by atoms with E-state index in [0.717, 1.165) is 25.7 Å². The van der Waals surface area contributed by atoms with E-state index in [-0.39, 0.29) is 21.4 Å². The first kappa shape index (κ1) is 21.8. The fourth-order valence-electron chi connectivity index (χ4n) is 3.98. The Kier molecular flexibility index (Phi) is 6.31. The van der Waals surface area contributed by atoms with Crippen molar-refractivity contribution in [1.82, 2.24) is 9.21 Å². The second-order valence-electron chi connectivity index (χ2n) is 7.75. The lowest BCUT2D eigenvalue weighted by Crippen LogP contribution is -2.29. The fourth-order valence-corrected chi connectivity index (χ4v) is 5.72. The molecule has 0 saturated carbocycles. The van der Waals surface area contributed by atoms with Gasteiger partial charge in [-0.05, 0) is 56.0 Å². The molecule has 9 heteroatoms. The molecular formula is C22H24ClN3O4S. The zero-order chi connectivity index (χ0) is 22.0. The lowest BCUT2D eigenvalue weighted by atomic mass is 10.1. The van der Waals surface area contributed by atoms with Gasteiger partial charge in [-0.15, -0.1) is 0 Å². The zero-order valence-electron chi connectivity index (χ0n) is 17.0. The highest BCUT2D eigenvalue weighted by Gasteiger charge is 2.29. The third-order valence-corrected chi connectivity index (χ3v) is 7.91. The Bertz CT molecular complexity index is 1110. The van der Waals surface area contributed by atoms with Gasteiger partial charge in [-0.25, -0.2) is 8.42 Å². The van der Waals surface area contributed by atoms with E-state index in [1.807, 2.05) is 0 Å². The number of hydrogen-bond donors (Lipinski definition) is 1. The van der Waals surface area contributed by atoms with Gasteiger partial charge in [-0.3, -0.25) is 9.59 Å². The van der Waals surface area contributed by atoms with Crippen LogP contribution in [0.15, 0.2) is 47.4 Å². The first-order valence-electron chi connectivity index (χ1n) is 10.4. The minimum absolute atomic E-state index is 0.0328. The first-order chi connectivity index (χ1) is 14.9. The van der Waals surface area contributed by atoms with Crippen LogP contribution in [-0.2, 0) is 10.0 Å². The van der Waals surface area contributed by atoms with Gasteiger partial charge >= 0.3 is 0 Å². The number of para-hydroxylation sites is 1. The van der Waals surface area contributed by atoms with E-state index >= 15 is 0 Å². The van der Waals surface area contributed by atoms with Crippen molar-refractivity contribution in [3.05, 3.63) is 58.6 Å². The summed E-state index contributed by atoms with van der Waals surface area (Å²) in [5.74, 6) is -0.699. The SMILES string of the molecule is O=C(Nc1ccccc1C(=O)N1CCCC1)c1cc(S(=O)(=O)N2CCCC2)ccc1Cl. The number of nitrogens with zero attached hydrogens (tertiary/aromatic N) is 2.